The molecular weight excluding hydrogens is 266 g/mol. The van der Waals surface area contributed by atoms with Crippen molar-refractivity contribution in [1.82, 2.24) is 0 Å². The largest absolute Gasteiger partial charge is 0.496 e. The second-order valence-corrected chi connectivity index (χ2v) is 4.48. The number of benzene rings is 1. The van der Waals surface area contributed by atoms with Gasteiger partial charge in [-0.15, -0.1) is 0 Å². The van der Waals surface area contributed by atoms with Crippen LogP contribution in [0.5, 0.6) is 11.5 Å². The van der Waals surface area contributed by atoms with Crippen LogP contribution in [0.1, 0.15) is 11.1 Å². The van der Waals surface area contributed by atoms with Crippen molar-refractivity contribution in [3.05, 3.63) is 33.6 Å². The highest BCUT2D eigenvalue weighted by molar-refractivity contribution is 6.55. The maximum absolute atomic E-state index is 13.9. The summed E-state index contributed by atoms with van der Waals surface area (Å²) in [6.45, 7) is 3.57. The summed E-state index contributed by atoms with van der Waals surface area (Å²) in [5.74, 6) is 0.249. The summed E-state index contributed by atoms with van der Waals surface area (Å²) in [6.07, 6.45) is 1.44. The Morgan fingerprint density at radius 1 is 1.41 bits per heavy atom. The van der Waals surface area contributed by atoms with Crippen LogP contribution in [0.15, 0.2) is 16.6 Å². The zero-order valence-corrected chi connectivity index (χ0v) is 11.3. The molecule has 0 amide bonds. The van der Waals surface area contributed by atoms with Crippen LogP contribution in [0.4, 0.5) is 4.39 Å². The maximum atomic E-state index is 13.9. The van der Waals surface area contributed by atoms with Gasteiger partial charge in [0.05, 0.1) is 7.11 Å². The molecule has 0 heterocycles. The predicted octanol–water partition coefficient (Wildman–Crippen LogP) is 4.15. The van der Waals surface area contributed by atoms with Crippen LogP contribution in [-0.4, -0.2) is 13.7 Å². The molecule has 0 aliphatic rings. The Hall–Kier alpha value is -0.930. The zero-order chi connectivity index (χ0) is 13.0. The van der Waals surface area contributed by atoms with Crippen LogP contribution >= 0.6 is 23.2 Å². The lowest BCUT2D eigenvalue weighted by Gasteiger charge is -2.13. The highest BCUT2D eigenvalue weighted by Crippen LogP contribution is 2.32. The average molecular weight is 279 g/mol. The van der Waals surface area contributed by atoms with E-state index in [0.717, 1.165) is 5.56 Å². The molecule has 0 aromatic heterocycles. The summed E-state index contributed by atoms with van der Waals surface area (Å²) >= 11 is 10.9. The third-order valence-corrected chi connectivity index (χ3v) is 2.58. The van der Waals surface area contributed by atoms with Gasteiger partial charge in [0.25, 0.3) is 0 Å². The van der Waals surface area contributed by atoms with E-state index < -0.39 is 5.82 Å². The van der Waals surface area contributed by atoms with Crippen molar-refractivity contribution in [1.29, 1.82) is 0 Å². The minimum atomic E-state index is -0.438. The molecule has 0 saturated heterocycles. The van der Waals surface area contributed by atoms with Crippen LogP contribution in [0.3, 0.4) is 0 Å². The minimum Gasteiger partial charge on any atom is -0.496 e. The van der Waals surface area contributed by atoms with Gasteiger partial charge in [0, 0.05) is 5.56 Å². The van der Waals surface area contributed by atoms with E-state index in [-0.39, 0.29) is 16.8 Å². The normalized spacial score (nSPS) is 10.0. The number of hydrogen-bond acceptors (Lipinski definition) is 2. The molecule has 2 nitrogen and oxygen atoms in total. The first kappa shape index (κ1) is 14.1. The lowest BCUT2D eigenvalue weighted by Crippen LogP contribution is -2.01. The lowest BCUT2D eigenvalue weighted by atomic mass is 10.1. The van der Waals surface area contributed by atoms with Crippen molar-refractivity contribution in [2.75, 3.05) is 13.7 Å². The first-order chi connectivity index (χ1) is 7.97. The summed E-state index contributed by atoms with van der Waals surface area (Å²) in [5.41, 5.74) is 1.23. The number of methoxy groups -OCH3 is 1. The third kappa shape index (κ3) is 3.51. The molecule has 17 heavy (non-hydrogen) atoms. The molecule has 0 N–H and O–H groups in total. The Kier molecular flexibility index (Phi) is 5.09. The number of ether oxygens (including phenoxy) is 2. The minimum absolute atomic E-state index is 0.0902. The smallest absolute Gasteiger partial charge is 0.171 e. The Morgan fingerprint density at radius 2 is 2.06 bits per heavy atom. The van der Waals surface area contributed by atoms with Crippen molar-refractivity contribution < 1.29 is 13.9 Å². The fraction of sp³-hybridized carbons (Fsp3) is 0.333. The van der Waals surface area contributed by atoms with Gasteiger partial charge in [-0.1, -0.05) is 23.2 Å². The lowest BCUT2D eigenvalue weighted by molar-refractivity contribution is 0.335. The first-order valence-corrected chi connectivity index (χ1v) is 5.70. The second-order valence-electron chi connectivity index (χ2n) is 3.47. The van der Waals surface area contributed by atoms with E-state index in [1.54, 1.807) is 13.0 Å². The Morgan fingerprint density at radius 3 is 2.59 bits per heavy atom. The van der Waals surface area contributed by atoms with Crippen LogP contribution in [0, 0.1) is 19.7 Å². The van der Waals surface area contributed by atoms with E-state index >= 15 is 0 Å². The summed E-state index contributed by atoms with van der Waals surface area (Å²) in [7, 11) is 1.51. The molecule has 0 bridgehead atoms. The van der Waals surface area contributed by atoms with E-state index in [1.165, 1.54) is 13.2 Å². The topological polar surface area (TPSA) is 18.5 Å². The molecule has 1 rings (SSSR count). The first-order valence-electron chi connectivity index (χ1n) is 4.95. The molecule has 0 aliphatic heterocycles. The Balaban J connectivity index is 2.98. The number of hydrogen-bond donors (Lipinski definition) is 0. The van der Waals surface area contributed by atoms with Crippen molar-refractivity contribution in [2.24, 2.45) is 0 Å². The van der Waals surface area contributed by atoms with Crippen molar-refractivity contribution in [3.63, 3.8) is 0 Å². The van der Waals surface area contributed by atoms with Gasteiger partial charge in [-0.25, -0.2) is 4.39 Å². The molecular formula is C12H13Cl2FO2. The quantitative estimate of drug-likeness (QED) is 0.824. The summed E-state index contributed by atoms with van der Waals surface area (Å²) < 4.78 is 24.3. The number of aryl methyl sites for hydroxylation is 1. The van der Waals surface area contributed by atoms with Crippen molar-refractivity contribution >= 4 is 23.2 Å². The third-order valence-electron chi connectivity index (χ3n) is 2.27. The van der Waals surface area contributed by atoms with Crippen LogP contribution in [-0.2, 0) is 0 Å². The molecule has 0 fully saturated rings. The summed E-state index contributed by atoms with van der Waals surface area (Å²) in [4.78, 5) is 0. The summed E-state index contributed by atoms with van der Waals surface area (Å²) in [5, 5.41) is 0. The fourth-order valence-corrected chi connectivity index (χ4v) is 1.65. The highest BCUT2D eigenvalue weighted by Gasteiger charge is 2.14. The maximum Gasteiger partial charge on any atom is 0.171 e. The van der Waals surface area contributed by atoms with Crippen LogP contribution < -0.4 is 9.47 Å². The second kappa shape index (κ2) is 6.12. The van der Waals surface area contributed by atoms with Gasteiger partial charge in [-0.05, 0) is 31.6 Å². The van der Waals surface area contributed by atoms with E-state index in [9.17, 15) is 4.39 Å². The molecule has 0 saturated carbocycles. The van der Waals surface area contributed by atoms with Gasteiger partial charge >= 0.3 is 0 Å². The highest BCUT2D eigenvalue weighted by atomic mass is 35.5. The molecule has 0 aliphatic carbocycles. The van der Waals surface area contributed by atoms with Gasteiger partial charge < -0.3 is 9.47 Å². The van der Waals surface area contributed by atoms with E-state index in [1.807, 2.05) is 6.92 Å². The van der Waals surface area contributed by atoms with Gasteiger partial charge in [-0.2, -0.15) is 0 Å². The Labute approximate surface area is 110 Å². The molecule has 0 radical (unpaired) electrons. The SMILES string of the molecule is COc1c(C)cc(OCC=C(Cl)Cl)c(F)c1C. The van der Waals surface area contributed by atoms with E-state index in [0.29, 0.717) is 11.3 Å². The summed E-state index contributed by atoms with van der Waals surface area (Å²) in [6, 6.07) is 1.58. The molecule has 0 unspecified atom stereocenters. The van der Waals surface area contributed by atoms with Crippen LogP contribution in [0.25, 0.3) is 0 Å². The standard InChI is InChI=1S/C12H13Cl2FO2/c1-7-6-9(17-5-4-10(13)14)11(15)8(2)12(7)16-3/h4,6H,5H2,1-3H3. The zero-order valence-electron chi connectivity index (χ0n) is 9.81. The average Bonchev–Trinajstić information content (AvgIpc) is 2.25. The van der Waals surface area contributed by atoms with Crippen LogP contribution in [0.2, 0.25) is 0 Å². The predicted molar refractivity (Wildman–Crippen MR) is 67.7 cm³/mol. The molecule has 0 atom stereocenters. The van der Waals surface area contributed by atoms with Gasteiger partial charge in [-0.3, -0.25) is 0 Å². The van der Waals surface area contributed by atoms with E-state index in [2.05, 4.69) is 0 Å². The molecule has 1 aromatic rings. The molecule has 5 heteroatoms. The van der Waals surface area contributed by atoms with E-state index in [4.69, 9.17) is 32.7 Å². The molecule has 94 valence electrons. The Bertz CT molecular complexity index is 441. The van der Waals surface area contributed by atoms with Gasteiger partial charge in [0.15, 0.2) is 11.6 Å². The van der Waals surface area contributed by atoms with Gasteiger partial charge in [0.2, 0.25) is 0 Å². The number of halogens is 3. The molecule has 1 aromatic carbocycles. The monoisotopic (exact) mass is 278 g/mol. The molecule has 0 spiro atoms. The number of rotatable bonds is 4. The van der Waals surface area contributed by atoms with Crippen molar-refractivity contribution in [2.45, 2.75) is 13.8 Å². The van der Waals surface area contributed by atoms with Gasteiger partial charge in [0.1, 0.15) is 16.8 Å². The van der Waals surface area contributed by atoms with Crippen molar-refractivity contribution in [3.8, 4) is 11.5 Å². The fourth-order valence-electron chi connectivity index (χ4n) is 1.52.